The van der Waals surface area contributed by atoms with Crippen molar-refractivity contribution in [2.75, 3.05) is 0 Å². The lowest BCUT2D eigenvalue weighted by atomic mass is 10.2. The Morgan fingerprint density at radius 2 is 1.60 bits per heavy atom. The first-order valence-electron chi connectivity index (χ1n) is 6.90. The van der Waals surface area contributed by atoms with Crippen LogP contribution in [0.25, 0.3) is 0 Å². The first kappa shape index (κ1) is 12.7. The molecule has 3 nitrogen and oxygen atoms in total. The summed E-state index contributed by atoms with van der Waals surface area (Å²) in [4.78, 5) is 14.1. The van der Waals surface area contributed by atoms with Gasteiger partial charge in [0.15, 0.2) is 0 Å². The smallest absolute Gasteiger partial charge is 0.410 e. The van der Waals surface area contributed by atoms with E-state index in [2.05, 4.69) is 0 Å². The zero-order chi connectivity index (χ0) is 13.8. The molecule has 2 aromatic carbocycles. The Bertz CT molecular complexity index is 564. The molecule has 0 aromatic heterocycles. The van der Waals surface area contributed by atoms with E-state index in [0.717, 1.165) is 18.4 Å². The molecule has 0 N–H and O–H groups in total. The molecule has 0 aliphatic heterocycles. The molecular weight excluding hydrogens is 250 g/mol. The van der Waals surface area contributed by atoms with Crippen molar-refractivity contribution >= 4 is 6.09 Å². The minimum atomic E-state index is -0.262. The van der Waals surface area contributed by atoms with Crippen molar-refractivity contribution in [1.29, 1.82) is 0 Å². The van der Waals surface area contributed by atoms with Crippen LogP contribution in [0.2, 0.25) is 0 Å². The van der Waals surface area contributed by atoms with Gasteiger partial charge < -0.3 is 9.64 Å². The van der Waals surface area contributed by atoms with Crippen LogP contribution in [0.1, 0.15) is 18.4 Å². The highest BCUT2D eigenvalue weighted by atomic mass is 16.6. The molecule has 0 radical (unpaired) electrons. The van der Waals surface area contributed by atoms with Gasteiger partial charge in [-0.05, 0) is 30.5 Å². The summed E-state index contributed by atoms with van der Waals surface area (Å²) in [7, 11) is 0. The van der Waals surface area contributed by atoms with Crippen molar-refractivity contribution < 1.29 is 9.53 Å². The number of amides is 1. The summed E-state index contributed by atoms with van der Waals surface area (Å²) < 4.78 is 5.44. The van der Waals surface area contributed by atoms with E-state index in [1.807, 2.05) is 53.4 Å². The Morgan fingerprint density at radius 1 is 1.00 bits per heavy atom. The lowest BCUT2D eigenvalue weighted by Crippen LogP contribution is -2.34. The van der Waals surface area contributed by atoms with Gasteiger partial charge in [-0.3, -0.25) is 0 Å². The van der Waals surface area contributed by atoms with E-state index in [4.69, 9.17) is 4.74 Å². The van der Waals surface area contributed by atoms with Crippen LogP contribution in [0, 0.1) is 0 Å². The molecule has 1 saturated carbocycles. The summed E-state index contributed by atoms with van der Waals surface area (Å²) in [6.07, 6.45) is 1.87. The third kappa shape index (κ3) is 3.18. The molecule has 20 heavy (non-hydrogen) atoms. The van der Waals surface area contributed by atoms with Gasteiger partial charge in [-0.25, -0.2) is 4.79 Å². The summed E-state index contributed by atoms with van der Waals surface area (Å²) >= 11 is 0. The molecule has 0 spiro atoms. The maximum Gasteiger partial charge on any atom is 0.415 e. The van der Waals surface area contributed by atoms with Gasteiger partial charge in [0.1, 0.15) is 5.75 Å². The summed E-state index contributed by atoms with van der Waals surface area (Å²) in [5.41, 5.74) is 1.13. The average Bonchev–Trinajstić information content (AvgIpc) is 3.31. The van der Waals surface area contributed by atoms with Gasteiger partial charge in [-0.2, -0.15) is 0 Å². The molecule has 0 unspecified atom stereocenters. The van der Waals surface area contributed by atoms with Crippen molar-refractivity contribution in [3.63, 3.8) is 0 Å². The van der Waals surface area contributed by atoms with Gasteiger partial charge in [-0.1, -0.05) is 48.5 Å². The van der Waals surface area contributed by atoms with Crippen LogP contribution in [0.5, 0.6) is 5.75 Å². The van der Waals surface area contributed by atoms with Gasteiger partial charge >= 0.3 is 6.09 Å². The molecule has 0 bridgehead atoms. The maximum atomic E-state index is 12.3. The first-order chi connectivity index (χ1) is 9.83. The van der Waals surface area contributed by atoms with Gasteiger partial charge in [0.05, 0.1) is 0 Å². The second-order valence-corrected chi connectivity index (χ2v) is 5.03. The molecule has 2 aromatic rings. The van der Waals surface area contributed by atoms with Crippen molar-refractivity contribution in [1.82, 2.24) is 4.90 Å². The molecule has 102 valence electrons. The van der Waals surface area contributed by atoms with Gasteiger partial charge in [0.2, 0.25) is 0 Å². The van der Waals surface area contributed by atoms with E-state index in [0.29, 0.717) is 18.3 Å². The minimum absolute atomic E-state index is 0.262. The highest BCUT2D eigenvalue weighted by Crippen LogP contribution is 2.29. The lowest BCUT2D eigenvalue weighted by molar-refractivity contribution is 0.146. The van der Waals surface area contributed by atoms with E-state index in [1.165, 1.54) is 0 Å². The van der Waals surface area contributed by atoms with Crippen LogP contribution in [-0.2, 0) is 6.54 Å². The van der Waals surface area contributed by atoms with E-state index in [-0.39, 0.29) is 6.09 Å². The maximum absolute atomic E-state index is 12.3. The van der Waals surface area contributed by atoms with Crippen LogP contribution < -0.4 is 4.74 Å². The van der Waals surface area contributed by atoms with Crippen LogP contribution >= 0.6 is 0 Å². The molecule has 1 aliphatic rings. The summed E-state index contributed by atoms with van der Waals surface area (Å²) in [6.45, 7) is 0.608. The fraction of sp³-hybridized carbons (Fsp3) is 0.235. The Balaban J connectivity index is 1.69. The molecule has 1 aliphatic carbocycles. The predicted molar refractivity (Wildman–Crippen MR) is 77.5 cm³/mol. The van der Waals surface area contributed by atoms with Crippen molar-refractivity contribution in [3.05, 3.63) is 66.2 Å². The highest BCUT2D eigenvalue weighted by Gasteiger charge is 2.33. The van der Waals surface area contributed by atoms with E-state index in [9.17, 15) is 4.79 Å². The quantitative estimate of drug-likeness (QED) is 0.842. The molecule has 3 heteroatoms. The number of hydrogen-bond acceptors (Lipinski definition) is 2. The third-order valence-electron chi connectivity index (χ3n) is 3.37. The zero-order valence-corrected chi connectivity index (χ0v) is 11.2. The SMILES string of the molecule is O=C(Oc1ccccc1)N(Cc1ccccc1)C1CC1. The Morgan fingerprint density at radius 3 is 2.20 bits per heavy atom. The number of carbonyl (C=O) groups is 1. The fourth-order valence-electron chi connectivity index (χ4n) is 2.16. The molecule has 1 fully saturated rings. The third-order valence-corrected chi connectivity index (χ3v) is 3.37. The van der Waals surface area contributed by atoms with E-state index in [1.54, 1.807) is 12.1 Å². The molecule has 1 amide bonds. The Labute approximate surface area is 118 Å². The Hall–Kier alpha value is -2.29. The van der Waals surface area contributed by atoms with Gasteiger partial charge in [-0.15, -0.1) is 0 Å². The first-order valence-corrected chi connectivity index (χ1v) is 6.90. The summed E-state index contributed by atoms with van der Waals surface area (Å²) in [6, 6.07) is 19.6. The number of rotatable bonds is 4. The Kier molecular flexibility index (Phi) is 3.68. The predicted octanol–water partition coefficient (Wildman–Crippen LogP) is 3.85. The molecule has 3 rings (SSSR count). The van der Waals surface area contributed by atoms with Crippen molar-refractivity contribution in [2.45, 2.75) is 25.4 Å². The highest BCUT2D eigenvalue weighted by molar-refractivity contribution is 5.71. The molecule has 0 saturated heterocycles. The van der Waals surface area contributed by atoms with Gasteiger partial charge in [0, 0.05) is 12.6 Å². The zero-order valence-electron chi connectivity index (χ0n) is 11.2. The summed E-state index contributed by atoms with van der Waals surface area (Å²) in [5.74, 6) is 0.594. The van der Waals surface area contributed by atoms with E-state index < -0.39 is 0 Å². The number of nitrogens with zero attached hydrogens (tertiary/aromatic N) is 1. The topological polar surface area (TPSA) is 29.5 Å². The van der Waals surface area contributed by atoms with Crippen LogP contribution in [0.4, 0.5) is 4.79 Å². The lowest BCUT2D eigenvalue weighted by Gasteiger charge is -2.21. The van der Waals surface area contributed by atoms with E-state index >= 15 is 0 Å². The van der Waals surface area contributed by atoms with Gasteiger partial charge in [0.25, 0.3) is 0 Å². The number of ether oxygens (including phenoxy) is 1. The van der Waals surface area contributed by atoms with Crippen LogP contribution in [-0.4, -0.2) is 17.0 Å². The molecule has 0 atom stereocenters. The molecule has 0 heterocycles. The number of carbonyl (C=O) groups excluding carboxylic acids is 1. The minimum Gasteiger partial charge on any atom is -0.410 e. The fourth-order valence-corrected chi connectivity index (χ4v) is 2.16. The van der Waals surface area contributed by atoms with Crippen molar-refractivity contribution in [2.24, 2.45) is 0 Å². The number of para-hydroxylation sites is 1. The number of benzene rings is 2. The molecular formula is C17H17NO2. The monoisotopic (exact) mass is 267 g/mol. The number of hydrogen-bond donors (Lipinski definition) is 0. The van der Waals surface area contributed by atoms with Crippen molar-refractivity contribution in [3.8, 4) is 5.75 Å². The summed E-state index contributed by atoms with van der Waals surface area (Å²) in [5, 5.41) is 0. The standard InChI is InChI=1S/C17H17NO2/c19-17(20-16-9-5-2-6-10-16)18(15-11-12-15)13-14-7-3-1-4-8-14/h1-10,15H,11-13H2. The van der Waals surface area contributed by atoms with Crippen LogP contribution in [0.15, 0.2) is 60.7 Å². The average molecular weight is 267 g/mol. The largest absolute Gasteiger partial charge is 0.415 e. The second kappa shape index (κ2) is 5.78. The normalized spacial score (nSPS) is 13.8. The van der Waals surface area contributed by atoms with Crippen LogP contribution in [0.3, 0.4) is 0 Å². The second-order valence-electron chi connectivity index (χ2n) is 5.03.